The van der Waals surface area contributed by atoms with Gasteiger partial charge in [-0.25, -0.2) is 0 Å². The molecule has 6 heteroatoms. The molecular formula is C21H27N3O3. The number of aromatic nitrogens is 2. The van der Waals surface area contributed by atoms with E-state index in [1.807, 2.05) is 49.9 Å². The number of aryl methyl sites for hydroxylation is 1. The number of rotatable bonds is 3. The number of carbonyl (C=O) groups is 1. The molecule has 2 aromatic rings. The Bertz CT molecular complexity index is 824. The van der Waals surface area contributed by atoms with Crippen molar-refractivity contribution < 1.29 is 13.9 Å². The van der Waals surface area contributed by atoms with Crippen LogP contribution in [0.15, 0.2) is 28.7 Å². The van der Waals surface area contributed by atoms with Gasteiger partial charge in [-0.15, -0.1) is 10.2 Å². The Morgan fingerprint density at radius 1 is 1.26 bits per heavy atom. The minimum Gasteiger partial charge on any atom is -0.425 e. The lowest BCUT2D eigenvalue weighted by molar-refractivity contribution is 0.00888. The Morgan fingerprint density at radius 2 is 2.04 bits per heavy atom. The molecule has 0 radical (unpaired) electrons. The molecule has 27 heavy (non-hydrogen) atoms. The Hall–Kier alpha value is -2.21. The van der Waals surface area contributed by atoms with E-state index in [0.29, 0.717) is 38.1 Å². The summed E-state index contributed by atoms with van der Waals surface area (Å²) < 4.78 is 11.6. The summed E-state index contributed by atoms with van der Waals surface area (Å²) in [6.07, 6.45) is 1.82. The van der Waals surface area contributed by atoms with Crippen LogP contribution in [-0.4, -0.2) is 47.3 Å². The smallest absolute Gasteiger partial charge is 0.253 e. The first-order chi connectivity index (χ1) is 13.0. The lowest BCUT2D eigenvalue weighted by Crippen LogP contribution is -2.37. The summed E-state index contributed by atoms with van der Waals surface area (Å²) in [7, 11) is 0. The molecule has 2 saturated heterocycles. The fraction of sp³-hybridized carbons (Fsp3) is 0.571. The Labute approximate surface area is 159 Å². The zero-order valence-corrected chi connectivity index (χ0v) is 16.3. The quantitative estimate of drug-likeness (QED) is 0.828. The number of likely N-dealkylation sites (tertiary alicyclic amines) is 1. The molecule has 3 heterocycles. The van der Waals surface area contributed by atoms with E-state index < -0.39 is 0 Å². The number of carbonyl (C=O) groups excluding carboxylic acids is 1. The van der Waals surface area contributed by atoms with E-state index in [1.165, 1.54) is 0 Å². The van der Waals surface area contributed by atoms with Crippen LogP contribution in [0.25, 0.3) is 0 Å². The molecule has 4 rings (SSSR count). The first-order valence-corrected chi connectivity index (χ1v) is 9.75. The summed E-state index contributed by atoms with van der Waals surface area (Å²) >= 11 is 0. The lowest BCUT2D eigenvalue weighted by atomic mass is 9.72. The maximum atomic E-state index is 13.1. The van der Waals surface area contributed by atoms with Crippen LogP contribution in [0.4, 0.5) is 0 Å². The molecule has 0 saturated carbocycles. The first kappa shape index (κ1) is 18.2. The molecule has 1 unspecified atom stereocenters. The maximum absolute atomic E-state index is 13.1. The number of hydrogen-bond donors (Lipinski definition) is 0. The fourth-order valence-electron chi connectivity index (χ4n) is 4.33. The molecule has 1 atom stereocenters. The first-order valence-electron chi connectivity index (χ1n) is 9.75. The highest BCUT2D eigenvalue weighted by Crippen LogP contribution is 2.49. The third kappa shape index (κ3) is 3.38. The highest BCUT2D eigenvalue weighted by Gasteiger charge is 2.51. The summed E-state index contributed by atoms with van der Waals surface area (Å²) in [6.45, 7) is 8.87. The van der Waals surface area contributed by atoms with Crippen molar-refractivity contribution in [1.29, 1.82) is 0 Å². The van der Waals surface area contributed by atoms with E-state index in [4.69, 9.17) is 9.15 Å². The maximum Gasteiger partial charge on any atom is 0.253 e. The molecule has 2 aliphatic heterocycles. The molecule has 6 nitrogen and oxygen atoms in total. The molecule has 2 fully saturated rings. The number of hydrogen-bond acceptors (Lipinski definition) is 5. The molecular weight excluding hydrogens is 342 g/mol. The average molecular weight is 369 g/mol. The van der Waals surface area contributed by atoms with Gasteiger partial charge >= 0.3 is 0 Å². The van der Waals surface area contributed by atoms with Gasteiger partial charge in [0.15, 0.2) is 0 Å². The minimum atomic E-state index is -0.0431. The number of benzene rings is 1. The predicted molar refractivity (Wildman–Crippen MR) is 101 cm³/mol. The summed E-state index contributed by atoms with van der Waals surface area (Å²) in [5.74, 6) is 1.67. The molecule has 1 aromatic heterocycles. The third-order valence-corrected chi connectivity index (χ3v) is 5.94. The van der Waals surface area contributed by atoms with Gasteiger partial charge in [0.05, 0.1) is 5.92 Å². The summed E-state index contributed by atoms with van der Waals surface area (Å²) in [5.41, 5.74) is 1.79. The second-order valence-electron chi connectivity index (χ2n) is 8.22. The molecule has 1 spiro atoms. The van der Waals surface area contributed by atoms with Crippen molar-refractivity contribution in [2.75, 3.05) is 26.3 Å². The van der Waals surface area contributed by atoms with Crippen LogP contribution in [-0.2, 0) is 4.74 Å². The van der Waals surface area contributed by atoms with E-state index >= 15 is 0 Å². The van der Waals surface area contributed by atoms with Crippen molar-refractivity contribution in [2.24, 2.45) is 5.41 Å². The van der Waals surface area contributed by atoms with Crippen LogP contribution in [0.2, 0.25) is 0 Å². The molecule has 144 valence electrons. The largest absolute Gasteiger partial charge is 0.425 e. The van der Waals surface area contributed by atoms with Crippen LogP contribution >= 0.6 is 0 Å². The third-order valence-electron chi connectivity index (χ3n) is 5.94. The fourth-order valence-corrected chi connectivity index (χ4v) is 4.33. The van der Waals surface area contributed by atoms with Crippen LogP contribution in [0.5, 0.6) is 0 Å². The standard InChI is InChI=1S/C21H27N3O3/c1-14(2)18-22-23-19(27-18)17-12-24(13-21(17)7-9-26-10-8-21)20(25)16-6-4-5-15(3)11-16/h4-6,11,14,17H,7-10,12-13H2,1-3H3. The van der Waals surface area contributed by atoms with E-state index in [9.17, 15) is 4.79 Å². The number of nitrogens with zero attached hydrogens (tertiary/aromatic N) is 3. The normalized spacial score (nSPS) is 21.9. The van der Waals surface area contributed by atoms with Crippen molar-refractivity contribution in [3.63, 3.8) is 0 Å². The van der Waals surface area contributed by atoms with Gasteiger partial charge in [0.25, 0.3) is 5.91 Å². The topological polar surface area (TPSA) is 68.5 Å². The van der Waals surface area contributed by atoms with Crippen LogP contribution in [0.1, 0.15) is 66.2 Å². The van der Waals surface area contributed by atoms with Crippen molar-refractivity contribution in [3.05, 3.63) is 47.2 Å². The van der Waals surface area contributed by atoms with E-state index in [0.717, 1.165) is 24.0 Å². The van der Waals surface area contributed by atoms with Crippen LogP contribution in [0, 0.1) is 12.3 Å². The van der Waals surface area contributed by atoms with Crippen molar-refractivity contribution in [3.8, 4) is 0 Å². The molecule has 0 aliphatic carbocycles. The van der Waals surface area contributed by atoms with Gasteiger partial charge in [-0.05, 0) is 31.9 Å². The summed E-state index contributed by atoms with van der Waals surface area (Å²) in [4.78, 5) is 15.1. The highest BCUT2D eigenvalue weighted by atomic mass is 16.5. The van der Waals surface area contributed by atoms with Gasteiger partial charge in [-0.2, -0.15) is 0 Å². The van der Waals surface area contributed by atoms with Gasteiger partial charge in [-0.1, -0.05) is 31.5 Å². The number of amides is 1. The van der Waals surface area contributed by atoms with Gasteiger partial charge in [-0.3, -0.25) is 4.79 Å². The Morgan fingerprint density at radius 3 is 2.70 bits per heavy atom. The molecule has 2 aliphatic rings. The number of ether oxygens (including phenoxy) is 1. The average Bonchev–Trinajstić information content (AvgIpc) is 3.27. The van der Waals surface area contributed by atoms with E-state index in [2.05, 4.69) is 10.2 Å². The van der Waals surface area contributed by atoms with E-state index in [-0.39, 0.29) is 23.2 Å². The Balaban J connectivity index is 1.64. The van der Waals surface area contributed by atoms with Crippen molar-refractivity contribution in [1.82, 2.24) is 15.1 Å². The summed E-state index contributed by atoms with van der Waals surface area (Å²) in [6, 6.07) is 7.79. The van der Waals surface area contributed by atoms with Crippen LogP contribution in [0.3, 0.4) is 0 Å². The molecule has 1 amide bonds. The van der Waals surface area contributed by atoms with E-state index in [1.54, 1.807) is 0 Å². The monoisotopic (exact) mass is 369 g/mol. The SMILES string of the molecule is Cc1cccc(C(=O)N2CC(c3nnc(C(C)C)o3)C3(CCOCC3)C2)c1. The highest BCUT2D eigenvalue weighted by molar-refractivity contribution is 5.94. The molecule has 1 aromatic carbocycles. The zero-order valence-electron chi connectivity index (χ0n) is 16.3. The summed E-state index contributed by atoms with van der Waals surface area (Å²) in [5, 5.41) is 8.58. The Kier molecular flexibility index (Phi) is 4.76. The van der Waals surface area contributed by atoms with Crippen LogP contribution < -0.4 is 0 Å². The zero-order chi connectivity index (χ0) is 19.0. The predicted octanol–water partition coefficient (Wildman–Crippen LogP) is 3.54. The minimum absolute atomic E-state index is 0.0431. The molecule has 0 bridgehead atoms. The van der Waals surface area contributed by atoms with Crippen molar-refractivity contribution >= 4 is 5.91 Å². The molecule has 0 N–H and O–H groups in total. The van der Waals surface area contributed by atoms with Gasteiger partial charge in [0.2, 0.25) is 11.8 Å². The lowest BCUT2D eigenvalue weighted by Gasteiger charge is -2.36. The second kappa shape index (κ2) is 7.08. The second-order valence-corrected chi connectivity index (χ2v) is 8.22. The van der Waals surface area contributed by atoms with Crippen molar-refractivity contribution in [2.45, 2.75) is 45.4 Å². The van der Waals surface area contributed by atoms with Gasteiger partial charge < -0.3 is 14.1 Å². The van der Waals surface area contributed by atoms with Gasteiger partial charge in [0.1, 0.15) is 0 Å². The van der Waals surface area contributed by atoms with Gasteiger partial charge in [0, 0.05) is 43.2 Å².